The van der Waals surface area contributed by atoms with Gasteiger partial charge in [0.05, 0.1) is 35.4 Å². The first-order valence-electron chi connectivity index (χ1n) is 10.6. The summed E-state index contributed by atoms with van der Waals surface area (Å²) < 4.78 is 39.8. The molecule has 0 aliphatic carbocycles. The van der Waals surface area contributed by atoms with Gasteiger partial charge in [0.1, 0.15) is 5.84 Å². The molecule has 10 nitrogen and oxygen atoms in total. The number of amidine groups is 3. The summed E-state index contributed by atoms with van der Waals surface area (Å²) in [5, 5.41) is 8.66. The number of hydrogen-bond donors (Lipinski definition) is 1. The van der Waals surface area contributed by atoms with Gasteiger partial charge in [-0.25, -0.2) is 18.1 Å². The number of aliphatic imine (C=N–C) groups is 1. The average molecular weight is 547 g/mol. The molecule has 0 radical (unpaired) electrons. The summed E-state index contributed by atoms with van der Waals surface area (Å²) in [7, 11) is -3.75. The van der Waals surface area contributed by atoms with Crippen LogP contribution in [0.4, 0.5) is 0 Å². The van der Waals surface area contributed by atoms with Gasteiger partial charge < -0.3 is 9.47 Å². The number of carbonyl (C=O) groups is 2. The van der Waals surface area contributed by atoms with Gasteiger partial charge in [-0.3, -0.25) is 10.2 Å². The number of halogens is 1. The molecule has 0 unspecified atom stereocenters. The molecule has 0 fully saturated rings. The summed E-state index contributed by atoms with van der Waals surface area (Å²) in [6.45, 7) is 3.49. The van der Waals surface area contributed by atoms with Crippen molar-refractivity contribution in [2.24, 2.45) is 9.39 Å². The van der Waals surface area contributed by atoms with Gasteiger partial charge in [0.15, 0.2) is 11.5 Å². The van der Waals surface area contributed by atoms with Crippen LogP contribution in [-0.4, -0.2) is 53.7 Å². The molecule has 2 aliphatic rings. The number of carbonyl (C=O) groups excluding carboxylic acids is 2. The van der Waals surface area contributed by atoms with E-state index in [1.54, 1.807) is 25.1 Å². The highest BCUT2D eigenvalue weighted by atomic mass is 35.5. The number of benzene rings is 2. The topological polar surface area (TPSA) is 139 Å². The Balaban J connectivity index is 1.64. The van der Waals surface area contributed by atoms with Crippen LogP contribution >= 0.6 is 23.5 Å². The molecule has 2 aromatic carbocycles. The lowest BCUT2D eigenvalue weighted by Crippen LogP contribution is -2.45. The summed E-state index contributed by atoms with van der Waals surface area (Å²) in [5.74, 6) is -1.50. The number of sulfone groups is 1. The van der Waals surface area contributed by atoms with E-state index in [1.807, 2.05) is 0 Å². The smallest absolute Gasteiger partial charge is 0.343 e. The first kappa shape index (κ1) is 25.6. The molecule has 0 bridgehead atoms. The molecular formula is C23H19ClN4O6S2. The van der Waals surface area contributed by atoms with Gasteiger partial charge in [-0.15, -0.1) is 0 Å². The van der Waals surface area contributed by atoms with Crippen molar-refractivity contribution in [2.75, 3.05) is 12.4 Å². The van der Waals surface area contributed by atoms with Gasteiger partial charge in [-0.1, -0.05) is 24.6 Å². The molecule has 0 aromatic heterocycles. The van der Waals surface area contributed by atoms with Crippen LogP contribution in [-0.2, 0) is 14.6 Å². The highest BCUT2D eigenvalue weighted by molar-refractivity contribution is 8.16. The largest absolute Gasteiger partial charge is 0.490 e. The standard InChI is InChI=1S/C23H19ClN4O6S2/c1-3-33-18-12-13(5-10-17(18)34-21(30)14-6-8-15(24)9-7-14)11-16-19(25)28-22(26-20(16)29)35-27-23(28)36(31,32)4-2/h5-12,25H,3-4H2,1-2H3/b16-11-,25-19?. The predicted octanol–water partition coefficient (Wildman–Crippen LogP) is 3.97. The van der Waals surface area contributed by atoms with Gasteiger partial charge in [-0.05, 0) is 55.0 Å². The van der Waals surface area contributed by atoms with Crippen molar-refractivity contribution in [3.63, 3.8) is 0 Å². The van der Waals surface area contributed by atoms with Gasteiger partial charge in [-0.2, -0.15) is 9.39 Å². The van der Waals surface area contributed by atoms with Crippen LogP contribution in [0.15, 0.2) is 57.4 Å². The molecule has 13 heteroatoms. The number of amides is 1. The average Bonchev–Trinajstić information content (AvgIpc) is 3.28. The second-order valence-electron chi connectivity index (χ2n) is 7.35. The van der Waals surface area contributed by atoms with Crippen molar-refractivity contribution >= 4 is 67.5 Å². The lowest BCUT2D eigenvalue weighted by molar-refractivity contribution is -0.114. The predicted molar refractivity (Wildman–Crippen MR) is 138 cm³/mol. The molecule has 0 saturated carbocycles. The third-order valence-electron chi connectivity index (χ3n) is 5.01. The van der Waals surface area contributed by atoms with Gasteiger partial charge in [0.2, 0.25) is 20.2 Å². The van der Waals surface area contributed by atoms with Crippen LogP contribution in [0.3, 0.4) is 0 Å². The lowest BCUT2D eigenvalue weighted by Gasteiger charge is -2.24. The van der Waals surface area contributed by atoms with E-state index < -0.39 is 21.7 Å². The maximum atomic E-state index is 12.6. The maximum absolute atomic E-state index is 12.6. The minimum Gasteiger partial charge on any atom is -0.490 e. The van der Waals surface area contributed by atoms with Crippen LogP contribution in [0.25, 0.3) is 6.08 Å². The zero-order chi connectivity index (χ0) is 26.0. The Morgan fingerprint density at radius 2 is 1.89 bits per heavy atom. The Labute approximate surface area is 216 Å². The normalized spacial score (nSPS) is 16.5. The van der Waals surface area contributed by atoms with E-state index >= 15 is 0 Å². The van der Waals surface area contributed by atoms with Crippen LogP contribution in [0.5, 0.6) is 11.5 Å². The molecule has 0 saturated heterocycles. The van der Waals surface area contributed by atoms with Gasteiger partial charge in [0, 0.05) is 5.02 Å². The van der Waals surface area contributed by atoms with Gasteiger partial charge >= 0.3 is 5.97 Å². The highest BCUT2D eigenvalue weighted by Gasteiger charge is 2.42. The second kappa shape index (κ2) is 10.2. The quantitative estimate of drug-likeness (QED) is 0.248. The number of ether oxygens (including phenoxy) is 2. The van der Waals surface area contributed by atoms with E-state index in [2.05, 4.69) is 9.39 Å². The van der Waals surface area contributed by atoms with Crippen LogP contribution in [0.1, 0.15) is 29.8 Å². The molecule has 2 aliphatic heterocycles. The first-order chi connectivity index (χ1) is 17.1. The maximum Gasteiger partial charge on any atom is 0.343 e. The van der Waals surface area contributed by atoms with Crippen LogP contribution in [0.2, 0.25) is 5.02 Å². The van der Waals surface area contributed by atoms with Crippen molar-refractivity contribution in [1.29, 1.82) is 5.41 Å². The number of nitrogens with one attached hydrogen (secondary N) is 1. The summed E-state index contributed by atoms with van der Waals surface area (Å²) in [6, 6.07) is 10.8. The first-order valence-corrected chi connectivity index (χ1v) is 13.4. The molecular weight excluding hydrogens is 528 g/mol. The minimum atomic E-state index is -3.75. The summed E-state index contributed by atoms with van der Waals surface area (Å²) >= 11 is 6.59. The fourth-order valence-electron chi connectivity index (χ4n) is 3.21. The van der Waals surface area contributed by atoms with Crippen molar-refractivity contribution < 1.29 is 27.5 Å². The van der Waals surface area contributed by atoms with Gasteiger partial charge in [0.25, 0.3) is 5.91 Å². The van der Waals surface area contributed by atoms with Crippen molar-refractivity contribution in [3.05, 3.63) is 64.2 Å². The second-order valence-corrected chi connectivity index (χ2v) is 10.7. The number of rotatable bonds is 6. The van der Waals surface area contributed by atoms with E-state index in [4.69, 9.17) is 26.5 Å². The molecule has 2 heterocycles. The highest BCUT2D eigenvalue weighted by Crippen LogP contribution is 2.33. The lowest BCUT2D eigenvalue weighted by atomic mass is 10.1. The molecule has 2 aromatic rings. The van der Waals surface area contributed by atoms with Crippen LogP contribution < -0.4 is 9.47 Å². The number of nitrogens with zero attached hydrogens (tertiary/aromatic N) is 3. The van der Waals surface area contributed by atoms with Crippen LogP contribution in [0, 0.1) is 5.41 Å². The monoisotopic (exact) mass is 546 g/mol. The SMILES string of the molecule is CCOc1cc(/C=C2/C(=N)N3C(=NC2=O)SN=C3S(=O)(=O)CC)ccc1OC(=O)c1ccc(Cl)cc1. The Morgan fingerprint density at radius 3 is 2.56 bits per heavy atom. The van der Waals surface area contributed by atoms with Crippen molar-refractivity contribution in [2.45, 2.75) is 13.8 Å². The van der Waals surface area contributed by atoms with Crippen molar-refractivity contribution in [3.8, 4) is 11.5 Å². The zero-order valence-electron chi connectivity index (χ0n) is 19.0. The molecule has 0 atom stereocenters. The van der Waals surface area contributed by atoms with Crippen molar-refractivity contribution in [1.82, 2.24) is 4.90 Å². The minimum absolute atomic E-state index is 0.00800. The van der Waals surface area contributed by atoms with E-state index in [0.717, 1.165) is 16.8 Å². The molecule has 0 spiro atoms. The fourth-order valence-corrected chi connectivity index (χ4v) is 5.30. The summed E-state index contributed by atoms with van der Waals surface area (Å²) in [6.07, 6.45) is 1.39. The summed E-state index contributed by atoms with van der Waals surface area (Å²) in [4.78, 5) is 30.1. The third-order valence-corrected chi connectivity index (χ3v) is 7.67. The Morgan fingerprint density at radius 1 is 1.17 bits per heavy atom. The number of esters is 1. The molecule has 1 amide bonds. The Hall–Kier alpha value is -3.48. The zero-order valence-corrected chi connectivity index (χ0v) is 21.4. The number of fused-ring (bicyclic) bond motifs is 1. The fraction of sp³-hybridized carbons (Fsp3) is 0.174. The summed E-state index contributed by atoms with van der Waals surface area (Å²) in [5.41, 5.74) is 0.611. The van der Waals surface area contributed by atoms with E-state index in [1.165, 1.54) is 37.3 Å². The molecule has 186 valence electrons. The molecule has 1 N–H and O–H groups in total. The van der Waals surface area contributed by atoms with E-state index in [0.29, 0.717) is 16.1 Å². The Kier molecular flexibility index (Phi) is 7.29. The number of hydrogen-bond acceptors (Lipinski definition) is 9. The Bertz CT molecular complexity index is 1470. The molecule has 36 heavy (non-hydrogen) atoms. The third kappa shape index (κ3) is 5.06. The molecule has 4 rings (SSSR count). The van der Waals surface area contributed by atoms with E-state index in [-0.39, 0.29) is 45.6 Å². The van der Waals surface area contributed by atoms with E-state index in [9.17, 15) is 18.0 Å².